The monoisotopic (exact) mass is 493 g/mol. The second-order valence-corrected chi connectivity index (χ2v) is 10.5. The molecule has 3 aromatic rings. The smallest absolute Gasteiger partial charge is 0.261 e. The number of hydrogen-bond acceptors (Lipinski definition) is 5. The molecule has 0 aliphatic carbocycles. The molecule has 7 nitrogen and oxygen atoms in total. The molecule has 0 saturated carbocycles. The van der Waals surface area contributed by atoms with Crippen LogP contribution >= 0.6 is 0 Å². The van der Waals surface area contributed by atoms with Crippen LogP contribution in [0.1, 0.15) is 16.7 Å². The lowest BCUT2D eigenvalue weighted by Gasteiger charge is -2.34. The minimum absolute atomic E-state index is 0.0681. The van der Waals surface area contributed by atoms with E-state index in [-0.39, 0.29) is 17.4 Å². The van der Waals surface area contributed by atoms with Crippen LogP contribution in [-0.2, 0) is 21.4 Å². The van der Waals surface area contributed by atoms with Crippen molar-refractivity contribution in [3.05, 3.63) is 89.5 Å². The van der Waals surface area contributed by atoms with E-state index in [0.717, 1.165) is 25.2 Å². The number of amides is 1. The third-order valence-electron chi connectivity index (χ3n) is 6.09. The lowest BCUT2D eigenvalue weighted by atomic mass is 10.2. The molecule has 0 radical (unpaired) electrons. The Labute approximate surface area is 207 Å². The number of ether oxygens (including phenoxy) is 1. The summed E-state index contributed by atoms with van der Waals surface area (Å²) >= 11 is 0. The fourth-order valence-corrected chi connectivity index (χ4v) is 5.16. The SMILES string of the molecule is Cc1ccc(NS(=O)(=O)c2ccc(OCC(=O)N3CCN(Cc4ccccc4)CC3)c(C)c2)cc1. The molecule has 8 heteroatoms. The summed E-state index contributed by atoms with van der Waals surface area (Å²) in [6.45, 7) is 7.48. The van der Waals surface area contributed by atoms with Crippen LogP contribution in [0.3, 0.4) is 0 Å². The second-order valence-electron chi connectivity index (χ2n) is 8.83. The van der Waals surface area contributed by atoms with Gasteiger partial charge in [-0.05, 0) is 55.3 Å². The number of nitrogens with one attached hydrogen (secondary N) is 1. The van der Waals surface area contributed by atoms with Gasteiger partial charge in [-0.1, -0.05) is 48.0 Å². The number of hydrogen-bond donors (Lipinski definition) is 1. The molecule has 0 atom stereocenters. The van der Waals surface area contributed by atoms with E-state index >= 15 is 0 Å². The van der Waals surface area contributed by atoms with Gasteiger partial charge in [-0.15, -0.1) is 0 Å². The zero-order valence-corrected chi connectivity index (χ0v) is 20.9. The first-order chi connectivity index (χ1) is 16.8. The van der Waals surface area contributed by atoms with Crippen LogP contribution in [0.15, 0.2) is 77.7 Å². The van der Waals surface area contributed by atoms with Gasteiger partial charge in [-0.25, -0.2) is 8.42 Å². The highest BCUT2D eigenvalue weighted by Crippen LogP contribution is 2.24. The highest BCUT2D eigenvalue weighted by Gasteiger charge is 2.22. The summed E-state index contributed by atoms with van der Waals surface area (Å²) < 4.78 is 33.8. The molecule has 1 aliphatic heterocycles. The van der Waals surface area contributed by atoms with Crippen molar-refractivity contribution in [2.75, 3.05) is 37.5 Å². The molecule has 0 aromatic heterocycles. The molecule has 184 valence electrons. The molecule has 1 fully saturated rings. The number of benzene rings is 3. The molecular formula is C27H31N3O4S. The first-order valence-electron chi connectivity index (χ1n) is 11.7. The van der Waals surface area contributed by atoms with Gasteiger partial charge in [0.15, 0.2) is 6.61 Å². The van der Waals surface area contributed by atoms with E-state index in [1.54, 1.807) is 31.2 Å². The summed E-state index contributed by atoms with van der Waals surface area (Å²) in [6.07, 6.45) is 0. The van der Waals surface area contributed by atoms with Crippen LogP contribution in [0, 0.1) is 13.8 Å². The average molecular weight is 494 g/mol. The van der Waals surface area contributed by atoms with Crippen molar-refractivity contribution in [1.82, 2.24) is 9.80 Å². The van der Waals surface area contributed by atoms with Crippen molar-refractivity contribution in [1.29, 1.82) is 0 Å². The lowest BCUT2D eigenvalue weighted by Crippen LogP contribution is -2.49. The van der Waals surface area contributed by atoms with Crippen LogP contribution < -0.4 is 9.46 Å². The highest BCUT2D eigenvalue weighted by atomic mass is 32.2. The van der Waals surface area contributed by atoms with Gasteiger partial charge in [-0.2, -0.15) is 0 Å². The lowest BCUT2D eigenvalue weighted by molar-refractivity contribution is -0.135. The molecule has 1 N–H and O–H groups in total. The molecule has 35 heavy (non-hydrogen) atoms. The summed E-state index contributed by atoms with van der Waals surface area (Å²) in [5.74, 6) is 0.428. The van der Waals surface area contributed by atoms with E-state index in [9.17, 15) is 13.2 Å². The minimum atomic E-state index is -3.73. The maximum atomic E-state index is 12.7. The summed E-state index contributed by atoms with van der Waals surface area (Å²) in [7, 11) is -3.73. The van der Waals surface area contributed by atoms with Crippen molar-refractivity contribution in [2.45, 2.75) is 25.3 Å². The van der Waals surface area contributed by atoms with Crippen molar-refractivity contribution >= 4 is 21.6 Å². The van der Waals surface area contributed by atoms with Crippen LogP contribution in [0.25, 0.3) is 0 Å². The largest absolute Gasteiger partial charge is 0.483 e. The minimum Gasteiger partial charge on any atom is -0.483 e. The first-order valence-corrected chi connectivity index (χ1v) is 13.2. The van der Waals surface area contributed by atoms with Gasteiger partial charge >= 0.3 is 0 Å². The number of carbonyl (C=O) groups is 1. The van der Waals surface area contributed by atoms with Crippen LogP contribution in [0.2, 0.25) is 0 Å². The summed E-state index contributed by atoms with van der Waals surface area (Å²) in [5.41, 5.74) is 3.47. The number of sulfonamides is 1. The van der Waals surface area contributed by atoms with Gasteiger partial charge in [0.2, 0.25) is 0 Å². The Hall–Kier alpha value is -3.36. The van der Waals surface area contributed by atoms with E-state index in [2.05, 4.69) is 21.8 Å². The highest BCUT2D eigenvalue weighted by molar-refractivity contribution is 7.92. The first kappa shape index (κ1) is 24.8. The molecule has 0 unspecified atom stereocenters. The fraction of sp³-hybridized carbons (Fsp3) is 0.296. The molecule has 4 rings (SSSR count). The standard InChI is InChI=1S/C27H31N3O4S/c1-21-8-10-24(11-9-21)28-35(32,33)25-12-13-26(22(2)18-25)34-20-27(31)30-16-14-29(15-17-30)19-23-6-4-3-5-7-23/h3-13,18,28H,14-17,19-20H2,1-2H3. The zero-order valence-electron chi connectivity index (χ0n) is 20.1. The van der Waals surface area contributed by atoms with Gasteiger partial charge in [0.1, 0.15) is 5.75 Å². The topological polar surface area (TPSA) is 78.9 Å². The van der Waals surface area contributed by atoms with Crippen LogP contribution in [-0.4, -0.2) is 56.9 Å². The normalized spacial score (nSPS) is 14.5. The van der Waals surface area contributed by atoms with E-state index < -0.39 is 10.0 Å². The molecule has 0 spiro atoms. The van der Waals surface area contributed by atoms with E-state index in [1.165, 1.54) is 11.6 Å². The molecule has 1 saturated heterocycles. The van der Waals surface area contributed by atoms with Crippen molar-refractivity contribution in [2.24, 2.45) is 0 Å². The van der Waals surface area contributed by atoms with Crippen molar-refractivity contribution < 1.29 is 17.9 Å². The maximum Gasteiger partial charge on any atom is 0.261 e. The quantitative estimate of drug-likeness (QED) is 0.516. The number of carbonyl (C=O) groups excluding carboxylic acids is 1. The zero-order chi connectivity index (χ0) is 24.8. The Kier molecular flexibility index (Phi) is 7.73. The van der Waals surface area contributed by atoms with Gasteiger partial charge < -0.3 is 9.64 Å². The third-order valence-corrected chi connectivity index (χ3v) is 7.46. The van der Waals surface area contributed by atoms with Gasteiger partial charge in [-0.3, -0.25) is 14.4 Å². The van der Waals surface area contributed by atoms with E-state index in [0.29, 0.717) is 30.1 Å². The number of rotatable bonds is 8. The number of nitrogens with zero attached hydrogens (tertiary/aromatic N) is 2. The molecule has 1 aliphatic rings. The third kappa shape index (κ3) is 6.61. The Bertz CT molecular complexity index is 1250. The van der Waals surface area contributed by atoms with Crippen molar-refractivity contribution in [3.63, 3.8) is 0 Å². The van der Waals surface area contributed by atoms with Gasteiger partial charge in [0.05, 0.1) is 4.90 Å². The number of piperazine rings is 1. The summed E-state index contributed by atoms with van der Waals surface area (Å²) in [5, 5.41) is 0. The molecule has 3 aromatic carbocycles. The van der Waals surface area contributed by atoms with Gasteiger partial charge in [0.25, 0.3) is 15.9 Å². The molecule has 1 amide bonds. The van der Waals surface area contributed by atoms with E-state index in [1.807, 2.05) is 42.2 Å². The van der Waals surface area contributed by atoms with Crippen molar-refractivity contribution in [3.8, 4) is 5.75 Å². The maximum absolute atomic E-state index is 12.7. The molecule has 0 bridgehead atoms. The molecule has 1 heterocycles. The predicted octanol–water partition coefficient (Wildman–Crippen LogP) is 3.83. The average Bonchev–Trinajstić information content (AvgIpc) is 2.85. The Morgan fingerprint density at radius 2 is 1.60 bits per heavy atom. The Balaban J connectivity index is 1.29. The fourth-order valence-electron chi connectivity index (χ4n) is 4.01. The summed E-state index contributed by atoms with van der Waals surface area (Å²) in [6, 6.07) is 22.1. The van der Waals surface area contributed by atoms with Crippen LogP contribution in [0.5, 0.6) is 5.75 Å². The van der Waals surface area contributed by atoms with E-state index in [4.69, 9.17) is 4.74 Å². The Morgan fingerprint density at radius 1 is 0.914 bits per heavy atom. The molecular weight excluding hydrogens is 462 g/mol. The summed E-state index contributed by atoms with van der Waals surface area (Å²) in [4.78, 5) is 17.0. The van der Waals surface area contributed by atoms with Gasteiger partial charge in [0, 0.05) is 38.4 Å². The number of aryl methyl sites for hydroxylation is 2. The predicted molar refractivity (Wildman–Crippen MR) is 137 cm³/mol. The Morgan fingerprint density at radius 3 is 2.26 bits per heavy atom. The van der Waals surface area contributed by atoms with Crippen LogP contribution in [0.4, 0.5) is 5.69 Å². The number of anilines is 1. The second kappa shape index (κ2) is 10.9.